The van der Waals surface area contributed by atoms with Gasteiger partial charge in [0.1, 0.15) is 12.4 Å². The summed E-state index contributed by atoms with van der Waals surface area (Å²) in [6.45, 7) is 5.68. The van der Waals surface area contributed by atoms with Gasteiger partial charge in [-0.3, -0.25) is 0 Å². The molecule has 3 heteroatoms. The lowest BCUT2D eigenvalue weighted by atomic mass is 10.1. The van der Waals surface area contributed by atoms with Crippen molar-refractivity contribution in [2.75, 3.05) is 0 Å². The Hall–Kier alpha value is -0.830. The molecule has 0 amide bonds. The maximum atomic E-state index is 9.45. The summed E-state index contributed by atoms with van der Waals surface area (Å²) in [6.07, 6.45) is 0.963. The summed E-state index contributed by atoms with van der Waals surface area (Å²) in [5.41, 5.74) is 0.805. The molecular formula is C8H13NO2. The van der Waals surface area contributed by atoms with Crippen molar-refractivity contribution in [2.24, 2.45) is 5.92 Å². The third kappa shape index (κ3) is 1.80. The van der Waals surface area contributed by atoms with Gasteiger partial charge in [-0.2, -0.15) is 0 Å². The highest BCUT2D eigenvalue weighted by molar-refractivity contribution is 4.95. The number of hydrogen-bond acceptors (Lipinski definition) is 3. The van der Waals surface area contributed by atoms with E-state index in [0.29, 0.717) is 5.89 Å². The first-order valence-electron chi connectivity index (χ1n) is 3.71. The molecule has 1 unspecified atom stereocenters. The second kappa shape index (κ2) is 3.05. The standard InChI is InChI=1S/C8H13NO2/c1-5(2)7(10)8-9-6(3)4-11-8/h4-5,7,10H,1-3H3. The number of oxazole rings is 1. The largest absolute Gasteiger partial charge is 0.446 e. The van der Waals surface area contributed by atoms with Gasteiger partial charge >= 0.3 is 0 Å². The Morgan fingerprint density at radius 1 is 1.55 bits per heavy atom. The van der Waals surface area contributed by atoms with Gasteiger partial charge < -0.3 is 9.52 Å². The van der Waals surface area contributed by atoms with Gasteiger partial charge in [-0.15, -0.1) is 0 Å². The average Bonchev–Trinajstić information content (AvgIpc) is 2.34. The van der Waals surface area contributed by atoms with E-state index >= 15 is 0 Å². The summed E-state index contributed by atoms with van der Waals surface area (Å²) < 4.78 is 5.03. The molecule has 0 aromatic carbocycles. The molecule has 1 aromatic rings. The summed E-state index contributed by atoms with van der Waals surface area (Å²) in [5.74, 6) is 0.561. The average molecular weight is 155 g/mol. The van der Waals surface area contributed by atoms with Crippen LogP contribution in [0.5, 0.6) is 0 Å². The van der Waals surface area contributed by atoms with E-state index in [-0.39, 0.29) is 5.92 Å². The van der Waals surface area contributed by atoms with Crippen LogP contribution >= 0.6 is 0 Å². The molecule has 11 heavy (non-hydrogen) atoms. The fourth-order valence-corrected chi connectivity index (χ4v) is 0.793. The quantitative estimate of drug-likeness (QED) is 0.706. The van der Waals surface area contributed by atoms with E-state index in [0.717, 1.165) is 5.69 Å². The fourth-order valence-electron chi connectivity index (χ4n) is 0.793. The number of hydrogen-bond donors (Lipinski definition) is 1. The van der Waals surface area contributed by atoms with Crippen LogP contribution in [0.3, 0.4) is 0 Å². The van der Waals surface area contributed by atoms with Crippen LogP contribution < -0.4 is 0 Å². The van der Waals surface area contributed by atoms with E-state index in [1.165, 1.54) is 0 Å². The normalized spacial score (nSPS) is 13.9. The first-order chi connectivity index (χ1) is 5.11. The summed E-state index contributed by atoms with van der Waals surface area (Å²) >= 11 is 0. The molecule has 3 nitrogen and oxygen atoms in total. The second-order valence-corrected chi connectivity index (χ2v) is 3.02. The predicted octanol–water partition coefficient (Wildman–Crippen LogP) is 1.67. The topological polar surface area (TPSA) is 46.3 Å². The molecule has 1 aromatic heterocycles. The maximum absolute atomic E-state index is 9.45. The molecule has 0 saturated carbocycles. The van der Waals surface area contributed by atoms with E-state index in [1.807, 2.05) is 20.8 Å². The summed E-state index contributed by atoms with van der Waals surface area (Å²) in [5, 5.41) is 9.45. The van der Waals surface area contributed by atoms with Crippen molar-refractivity contribution in [1.29, 1.82) is 0 Å². The molecule has 0 bridgehead atoms. The SMILES string of the molecule is Cc1coc(C(O)C(C)C)n1. The molecule has 1 heterocycles. The lowest BCUT2D eigenvalue weighted by Crippen LogP contribution is -2.05. The Morgan fingerprint density at radius 3 is 2.55 bits per heavy atom. The zero-order valence-corrected chi connectivity index (χ0v) is 7.03. The van der Waals surface area contributed by atoms with E-state index in [1.54, 1.807) is 6.26 Å². The van der Waals surface area contributed by atoms with Crippen LogP contribution in [0.2, 0.25) is 0 Å². The van der Waals surface area contributed by atoms with E-state index in [2.05, 4.69) is 4.98 Å². The van der Waals surface area contributed by atoms with Gasteiger partial charge in [0, 0.05) is 0 Å². The smallest absolute Gasteiger partial charge is 0.223 e. The Bertz CT molecular complexity index is 230. The lowest BCUT2D eigenvalue weighted by Gasteiger charge is -2.08. The van der Waals surface area contributed by atoms with Gasteiger partial charge in [0.25, 0.3) is 0 Å². The summed E-state index contributed by atoms with van der Waals surface area (Å²) in [4.78, 5) is 4.02. The molecule has 1 atom stereocenters. The minimum Gasteiger partial charge on any atom is -0.446 e. The zero-order valence-electron chi connectivity index (χ0n) is 7.03. The third-order valence-corrected chi connectivity index (χ3v) is 1.52. The van der Waals surface area contributed by atoms with Crippen LogP contribution in [0.4, 0.5) is 0 Å². The maximum Gasteiger partial charge on any atom is 0.223 e. The van der Waals surface area contributed by atoms with Gasteiger partial charge in [-0.1, -0.05) is 13.8 Å². The minimum atomic E-state index is -0.580. The predicted molar refractivity (Wildman–Crippen MR) is 41.0 cm³/mol. The molecule has 1 N–H and O–H groups in total. The van der Waals surface area contributed by atoms with Crippen LogP contribution in [-0.4, -0.2) is 10.1 Å². The lowest BCUT2D eigenvalue weighted by molar-refractivity contribution is 0.0969. The van der Waals surface area contributed by atoms with Crippen LogP contribution in [0.1, 0.15) is 31.5 Å². The van der Waals surface area contributed by atoms with Gasteiger partial charge in [0.2, 0.25) is 5.89 Å². The molecular weight excluding hydrogens is 142 g/mol. The highest BCUT2D eigenvalue weighted by Gasteiger charge is 2.16. The third-order valence-electron chi connectivity index (χ3n) is 1.52. The molecule has 0 radical (unpaired) electrons. The van der Waals surface area contributed by atoms with E-state index in [9.17, 15) is 5.11 Å². The first kappa shape index (κ1) is 8.27. The molecule has 0 spiro atoms. The fraction of sp³-hybridized carbons (Fsp3) is 0.625. The Balaban J connectivity index is 2.76. The number of aromatic nitrogens is 1. The molecule has 0 saturated heterocycles. The number of rotatable bonds is 2. The van der Waals surface area contributed by atoms with Crippen molar-refractivity contribution < 1.29 is 9.52 Å². The molecule has 0 fully saturated rings. The van der Waals surface area contributed by atoms with Crippen molar-refractivity contribution in [3.63, 3.8) is 0 Å². The number of aliphatic hydroxyl groups is 1. The van der Waals surface area contributed by atoms with Gasteiger partial charge in [-0.05, 0) is 12.8 Å². The molecule has 1 rings (SSSR count). The highest BCUT2D eigenvalue weighted by atomic mass is 16.4. The van der Waals surface area contributed by atoms with Crippen LogP contribution in [0, 0.1) is 12.8 Å². The number of aliphatic hydroxyl groups excluding tert-OH is 1. The second-order valence-electron chi connectivity index (χ2n) is 3.02. The van der Waals surface area contributed by atoms with E-state index in [4.69, 9.17) is 4.42 Å². The van der Waals surface area contributed by atoms with Crippen LogP contribution in [0.25, 0.3) is 0 Å². The molecule has 62 valence electrons. The highest BCUT2D eigenvalue weighted by Crippen LogP contribution is 2.19. The monoisotopic (exact) mass is 155 g/mol. The van der Waals surface area contributed by atoms with Crippen LogP contribution in [0.15, 0.2) is 10.7 Å². The van der Waals surface area contributed by atoms with E-state index < -0.39 is 6.10 Å². The zero-order chi connectivity index (χ0) is 8.43. The minimum absolute atomic E-state index is 0.146. The molecule has 0 aliphatic heterocycles. The Morgan fingerprint density at radius 2 is 2.18 bits per heavy atom. The van der Waals surface area contributed by atoms with Gasteiger partial charge in [-0.25, -0.2) is 4.98 Å². The summed E-state index contributed by atoms with van der Waals surface area (Å²) in [6, 6.07) is 0. The molecule has 0 aliphatic carbocycles. The summed E-state index contributed by atoms with van der Waals surface area (Å²) in [7, 11) is 0. The van der Waals surface area contributed by atoms with Crippen molar-refractivity contribution in [1.82, 2.24) is 4.98 Å². The van der Waals surface area contributed by atoms with Gasteiger partial charge in [0.05, 0.1) is 5.69 Å². The van der Waals surface area contributed by atoms with Crippen molar-refractivity contribution >= 4 is 0 Å². The van der Waals surface area contributed by atoms with Crippen molar-refractivity contribution in [3.05, 3.63) is 17.8 Å². The molecule has 0 aliphatic rings. The Kier molecular flexibility index (Phi) is 2.29. The first-order valence-corrected chi connectivity index (χ1v) is 3.71. The number of aryl methyl sites for hydroxylation is 1. The number of nitrogens with zero attached hydrogens (tertiary/aromatic N) is 1. The van der Waals surface area contributed by atoms with Crippen LogP contribution in [-0.2, 0) is 0 Å². The van der Waals surface area contributed by atoms with Crippen molar-refractivity contribution in [3.8, 4) is 0 Å². The Labute approximate surface area is 66.1 Å². The van der Waals surface area contributed by atoms with Gasteiger partial charge in [0.15, 0.2) is 0 Å². The van der Waals surface area contributed by atoms with Crippen molar-refractivity contribution in [2.45, 2.75) is 26.9 Å².